The van der Waals surface area contributed by atoms with Crippen LogP contribution in [0.1, 0.15) is 22.8 Å². The van der Waals surface area contributed by atoms with Crippen molar-refractivity contribution < 1.29 is 18.0 Å². The molecule has 0 spiro atoms. The van der Waals surface area contributed by atoms with Gasteiger partial charge in [0.15, 0.2) is 0 Å². The number of hydrogen-bond acceptors (Lipinski definition) is 4. The van der Waals surface area contributed by atoms with Gasteiger partial charge in [-0.3, -0.25) is 10.1 Å². The van der Waals surface area contributed by atoms with Gasteiger partial charge in [0.1, 0.15) is 0 Å². The number of halogens is 3. The summed E-state index contributed by atoms with van der Waals surface area (Å²) in [4.78, 5) is 15.9. The Bertz CT molecular complexity index is 641. The van der Waals surface area contributed by atoms with E-state index in [4.69, 9.17) is 0 Å². The molecule has 0 bridgehead atoms. The van der Waals surface area contributed by atoms with E-state index < -0.39 is 23.2 Å². The Kier molecular flexibility index (Phi) is 4.51. The number of thioether (sulfide) groups is 1. The molecule has 2 rings (SSSR count). The second-order valence-electron chi connectivity index (χ2n) is 3.90. The Morgan fingerprint density at radius 3 is 2.76 bits per heavy atom. The Morgan fingerprint density at radius 2 is 2.10 bits per heavy atom. The minimum Gasteiger partial charge on any atom is -0.291 e. The smallest absolute Gasteiger partial charge is 0.291 e. The molecule has 0 fully saturated rings. The van der Waals surface area contributed by atoms with E-state index in [1.165, 1.54) is 23.9 Å². The van der Waals surface area contributed by atoms with E-state index >= 15 is 0 Å². The molecule has 1 aromatic heterocycles. The van der Waals surface area contributed by atoms with Gasteiger partial charge >= 0.3 is 6.18 Å². The van der Waals surface area contributed by atoms with E-state index in [2.05, 4.69) is 20.5 Å². The van der Waals surface area contributed by atoms with E-state index in [9.17, 15) is 18.0 Å². The lowest BCUT2D eigenvalue weighted by atomic mass is 10.1. The standard InChI is InChI=1S/C12H11F3N4OS/c1-2-21-11-17-10(18-19-11)16-9(20)7-5-3-4-6-8(7)12(13,14)15/h3-6H,2H2,1H3,(H2,16,17,18,19,20). The monoisotopic (exact) mass is 316 g/mol. The maximum absolute atomic E-state index is 12.8. The first-order chi connectivity index (χ1) is 9.91. The number of carbonyl (C=O) groups is 1. The summed E-state index contributed by atoms with van der Waals surface area (Å²) in [5, 5.41) is 8.95. The predicted octanol–water partition coefficient (Wildman–Crippen LogP) is 3.19. The highest BCUT2D eigenvalue weighted by Crippen LogP contribution is 2.32. The summed E-state index contributed by atoms with van der Waals surface area (Å²) in [5.74, 6) is -0.151. The molecule has 0 aliphatic heterocycles. The van der Waals surface area contributed by atoms with Crippen LogP contribution in [0, 0.1) is 0 Å². The normalized spacial score (nSPS) is 11.4. The third-order valence-corrected chi connectivity index (χ3v) is 3.18. The predicted molar refractivity (Wildman–Crippen MR) is 72.2 cm³/mol. The summed E-state index contributed by atoms with van der Waals surface area (Å²) in [5.41, 5.74) is -1.46. The van der Waals surface area contributed by atoms with Crippen LogP contribution in [0.2, 0.25) is 0 Å². The second-order valence-corrected chi connectivity index (χ2v) is 5.13. The molecular weight excluding hydrogens is 305 g/mol. The van der Waals surface area contributed by atoms with Crippen molar-refractivity contribution in [2.24, 2.45) is 0 Å². The van der Waals surface area contributed by atoms with Gasteiger partial charge in [-0.25, -0.2) is 5.10 Å². The van der Waals surface area contributed by atoms with Gasteiger partial charge in [-0.2, -0.15) is 18.2 Å². The number of hydrogen-bond donors (Lipinski definition) is 2. The summed E-state index contributed by atoms with van der Waals surface area (Å²) in [6, 6.07) is 4.55. The van der Waals surface area contributed by atoms with Gasteiger partial charge in [0.2, 0.25) is 11.1 Å². The van der Waals surface area contributed by atoms with Crippen LogP contribution >= 0.6 is 11.8 Å². The van der Waals surface area contributed by atoms with Crippen LogP contribution in [0.4, 0.5) is 19.1 Å². The third-order valence-electron chi connectivity index (χ3n) is 2.45. The first kappa shape index (κ1) is 15.4. The highest BCUT2D eigenvalue weighted by molar-refractivity contribution is 7.99. The van der Waals surface area contributed by atoms with Crippen LogP contribution in [0.15, 0.2) is 29.4 Å². The van der Waals surface area contributed by atoms with Gasteiger partial charge < -0.3 is 0 Å². The third kappa shape index (κ3) is 3.75. The number of carbonyl (C=O) groups excluding carboxylic acids is 1. The van der Waals surface area contributed by atoms with Crippen LogP contribution in [-0.4, -0.2) is 26.8 Å². The molecule has 1 amide bonds. The van der Waals surface area contributed by atoms with Crippen LogP contribution in [0.25, 0.3) is 0 Å². The van der Waals surface area contributed by atoms with E-state index in [-0.39, 0.29) is 5.95 Å². The summed E-state index contributed by atoms with van der Waals surface area (Å²) >= 11 is 1.34. The summed E-state index contributed by atoms with van der Waals surface area (Å²) in [7, 11) is 0. The molecule has 0 aliphatic carbocycles. The largest absolute Gasteiger partial charge is 0.417 e. The molecule has 0 atom stereocenters. The highest BCUT2D eigenvalue weighted by Gasteiger charge is 2.34. The Morgan fingerprint density at radius 1 is 1.38 bits per heavy atom. The Hall–Kier alpha value is -2.03. The van der Waals surface area contributed by atoms with Gasteiger partial charge in [0.05, 0.1) is 11.1 Å². The van der Waals surface area contributed by atoms with E-state index in [1.54, 1.807) is 0 Å². The van der Waals surface area contributed by atoms with E-state index in [0.717, 1.165) is 17.9 Å². The van der Waals surface area contributed by atoms with Gasteiger partial charge in [-0.05, 0) is 17.9 Å². The summed E-state index contributed by atoms with van der Waals surface area (Å²) < 4.78 is 38.5. The van der Waals surface area contributed by atoms with Crippen molar-refractivity contribution in [1.82, 2.24) is 15.2 Å². The number of nitrogens with zero attached hydrogens (tertiary/aromatic N) is 2. The number of rotatable bonds is 4. The Balaban J connectivity index is 2.20. The number of alkyl halides is 3. The van der Waals surface area contributed by atoms with Crippen molar-refractivity contribution in [3.63, 3.8) is 0 Å². The van der Waals surface area contributed by atoms with Gasteiger partial charge in [0, 0.05) is 0 Å². The summed E-state index contributed by atoms with van der Waals surface area (Å²) in [6.45, 7) is 1.90. The maximum atomic E-state index is 12.8. The fraction of sp³-hybridized carbons (Fsp3) is 0.250. The van der Waals surface area contributed by atoms with Gasteiger partial charge in [-0.1, -0.05) is 30.8 Å². The van der Waals surface area contributed by atoms with Crippen LogP contribution in [0.5, 0.6) is 0 Å². The van der Waals surface area contributed by atoms with Gasteiger partial charge in [-0.15, -0.1) is 5.10 Å². The number of anilines is 1. The van der Waals surface area contributed by atoms with Crippen molar-refractivity contribution >= 4 is 23.6 Å². The molecular formula is C12H11F3N4OS. The van der Waals surface area contributed by atoms with Crippen LogP contribution in [0.3, 0.4) is 0 Å². The molecule has 1 heterocycles. The molecule has 0 saturated carbocycles. The lowest BCUT2D eigenvalue weighted by molar-refractivity contribution is -0.137. The number of aromatic amines is 1. The minimum absolute atomic E-state index is 0.00734. The molecule has 2 aromatic rings. The lowest BCUT2D eigenvalue weighted by Gasteiger charge is -2.11. The zero-order chi connectivity index (χ0) is 15.5. The first-order valence-corrected chi connectivity index (χ1v) is 6.93. The lowest BCUT2D eigenvalue weighted by Crippen LogP contribution is -2.19. The number of nitrogens with one attached hydrogen (secondary N) is 2. The van der Waals surface area contributed by atoms with Crippen molar-refractivity contribution in [3.8, 4) is 0 Å². The van der Waals surface area contributed by atoms with Gasteiger partial charge in [0.25, 0.3) is 5.91 Å². The second kappa shape index (κ2) is 6.17. The molecule has 0 aliphatic rings. The molecule has 112 valence electrons. The van der Waals surface area contributed by atoms with E-state index in [1.807, 2.05) is 6.92 Å². The molecule has 21 heavy (non-hydrogen) atoms. The molecule has 2 N–H and O–H groups in total. The molecule has 5 nitrogen and oxygen atoms in total. The molecule has 1 aromatic carbocycles. The van der Waals surface area contributed by atoms with Crippen molar-refractivity contribution in [3.05, 3.63) is 35.4 Å². The minimum atomic E-state index is -4.60. The number of amides is 1. The fourth-order valence-electron chi connectivity index (χ4n) is 1.60. The van der Waals surface area contributed by atoms with Crippen molar-refractivity contribution in [1.29, 1.82) is 0 Å². The number of H-pyrrole nitrogens is 1. The average molecular weight is 316 g/mol. The highest BCUT2D eigenvalue weighted by atomic mass is 32.2. The van der Waals surface area contributed by atoms with Crippen molar-refractivity contribution in [2.75, 3.05) is 11.1 Å². The average Bonchev–Trinajstić information content (AvgIpc) is 2.85. The van der Waals surface area contributed by atoms with Crippen molar-refractivity contribution in [2.45, 2.75) is 18.3 Å². The number of aromatic nitrogens is 3. The topological polar surface area (TPSA) is 70.7 Å². The van der Waals surface area contributed by atoms with Crippen LogP contribution in [-0.2, 0) is 6.18 Å². The SMILES string of the molecule is CCSc1n[nH]c(NC(=O)c2ccccc2C(F)(F)F)n1. The quantitative estimate of drug-likeness (QED) is 0.850. The fourth-order valence-corrected chi connectivity index (χ4v) is 2.12. The molecule has 0 unspecified atom stereocenters. The summed E-state index contributed by atoms with van der Waals surface area (Å²) in [6.07, 6.45) is -4.60. The zero-order valence-electron chi connectivity index (χ0n) is 10.9. The number of benzene rings is 1. The molecule has 9 heteroatoms. The first-order valence-electron chi connectivity index (χ1n) is 5.94. The maximum Gasteiger partial charge on any atom is 0.417 e. The Labute approximate surface area is 122 Å². The van der Waals surface area contributed by atoms with Crippen LogP contribution < -0.4 is 5.32 Å². The molecule has 0 radical (unpaired) electrons. The molecule has 0 saturated heterocycles. The zero-order valence-corrected chi connectivity index (χ0v) is 11.7. The van der Waals surface area contributed by atoms with E-state index in [0.29, 0.717) is 5.16 Å².